The van der Waals surface area contributed by atoms with Gasteiger partial charge in [0, 0.05) is 16.2 Å². The summed E-state index contributed by atoms with van der Waals surface area (Å²) in [6.45, 7) is 4.15. The molecule has 0 saturated heterocycles. The SMILES string of the molecule is CCOP(=O)(OCC)OC1=C(Sc2ccccc2)CCC1. The van der Waals surface area contributed by atoms with Crippen LogP contribution in [0.5, 0.6) is 0 Å². The topological polar surface area (TPSA) is 44.8 Å². The van der Waals surface area contributed by atoms with Crippen LogP contribution >= 0.6 is 19.6 Å². The number of phosphoric acid groups is 1. The molecule has 1 aliphatic carbocycles. The standard InChI is InChI=1S/C15H21O4PS/c1-3-17-20(16,18-4-2)19-14-11-8-12-15(14)21-13-9-6-5-7-10-13/h5-7,9-10H,3-4,8,11-12H2,1-2H3. The second-order valence-electron chi connectivity index (χ2n) is 4.49. The molecule has 0 amide bonds. The predicted molar refractivity (Wildman–Crippen MR) is 85.1 cm³/mol. The molecule has 0 aromatic heterocycles. The summed E-state index contributed by atoms with van der Waals surface area (Å²) in [6.07, 6.45) is 2.72. The van der Waals surface area contributed by atoms with E-state index in [0.29, 0.717) is 13.2 Å². The van der Waals surface area contributed by atoms with Crippen LogP contribution in [0.15, 0.2) is 45.9 Å². The van der Waals surface area contributed by atoms with Gasteiger partial charge in [-0.2, -0.15) is 0 Å². The van der Waals surface area contributed by atoms with E-state index in [9.17, 15) is 4.57 Å². The Hall–Kier alpha value is -0.740. The smallest absolute Gasteiger partial charge is 0.408 e. The molecule has 0 N–H and O–H groups in total. The van der Waals surface area contributed by atoms with Crippen molar-refractivity contribution in [3.63, 3.8) is 0 Å². The molecule has 0 aliphatic heterocycles. The van der Waals surface area contributed by atoms with Gasteiger partial charge in [-0.3, -0.25) is 9.05 Å². The first-order valence-corrected chi connectivity index (χ1v) is 9.48. The fourth-order valence-electron chi connectivity index (χ4n) is 2.06. The normalized spacial score (nSPS) is 15.5. The van der Waals surface area contributed by atoms with Gasteiger partial charge in [0.15, 0.2) is 0 Å². The first-order chi connectivity index (χ1) is 10.2. The fourth-order valence-corrected chi connectivity index (χ4v) is 4.49. The highest BCUT2D eigenvalue weighted by molar-refractivity contribution is 8.03. The van der Waals surface area contributed by atoms with E-state index >= 15 is 0 Å². The van der Waals surface area contributed by atoms with Crippen molar-refractivity contribution in [3.8, 4) is 0 Å². The third kappa shape index (κ3) is 4.89. The van der Waals surface area contributed by atoms with Gasteiger partial charge in [-0.25, -0.2) is 4.57 Å². The number of hydrogen-bond donors (Lipinski definition) is 0. The molecule has 0 unspecified atom stereocenters. The second kappa shape index (κ2) is 8.04. The summed E-state index contributed by atoms with van der Waals surface area (Å²) in [5, 5.41) is 0. The minimum absolute atomic E-state index is 0.297. The lowest BCUT2D eigenvalue weighted by molar-refractivity contribution is 0.144. The molecule has 1 aromatic rings. The van der Waals surface area contributed by atoms with Crippen molar-refractivity contribution in [1.29, 1.82) is 0 Å². The molecule has 0 atom stereocenters. The number of rotatable bonds is 8. The highest BCUT2D eigenvalue weighted by Crippen LogP contribution is 2.54. The van der Waals surface area contributed by atoms with E-state index < -0.39 is 7.82 Å². The van der Waals surface area contributed by atoms with Gasteiger partial charge in [-0.1, -0.05) is 30.0 Å². The average molecular weight is 328 g/mol. The average Bonchev–Trinajstić information content (AvgIpc) is 2.87. The van der Waals surface area contributed by atoms with Crippen LogP contribution in [0, 0.1) is 0 Å². The molecular formula is C15H21O4PS. The molecule has 2 rings (SSSR count). The first kappa shape index (κ1) is 16.6. The third-order valence-electron chi connectivity index (χ3n) is 2.90. The van der Waals surface area contributed by atoms with E-state index in [4.69, 9.17) is 13.6 Å². The molecule has 0 saturated carbocycles. The van der Waals surface area contributed by atoms with Crippen LogP contribution in [0.25, 0.3) is 0 Å². The summed E-state index contributed by atoms with van der Waals surface area (Å²) < 4.78 is 28.5. The van der Waals surface area contributed by atoms with Gasteiger partial charge in [0.1, 0.15) is 5.76 Å². The highest BCUT2D eigenvalue weighted by Gasteiger charge is 2.31. The summed E-state index contributed by atoms with van der Waals surface area (Å²) in [5.74, 6) is 0.745. The summed E-state index contributed by atoms with van der Waals surface area (Å²) in [5.41, 5.74) is 0. The molecular weight excluding hydrogens is 307 g/mol. The second-order valence-corrected chi connectivity index (χ2v) is 7.25. The van der Waals surface area contributed by atoms with E-state index in [1.165, 1.54) is 0 Å². The minimum Gasteiger partial charge on any atom is -0.408 e. The Bertz CT molecular complexity index is 520. The van der Waals surface area contributed by atoms with Gasteiger partial charge in [0.25, 0.3) is 0 Å². The summed E-state index contributed by atoms with van der Waals surface area (Å²) in [6, 6.07) is 10.1. The monoisotopic (exact) mass is 328 g/mol. The number of phosphoric ester groups is 1. The zero-order chi connectivity index (χ0) is 15.1. The van der Waals surface area contributed by atoms with Crippen LogP contribution in [0.4, 0.5) is 0 Å². The van der Waals surface area contributed by atoms with Crippen LogP contribution < -0.4 is 0 Å². The van der Waals surface area contributed by atoms with Gasteiger partial charge >= 0.3 is 7.82 Å². The molecule has 0 bridgehead atoms. The maximum Gasteiger partial charge on any atom is 0.529 e. The molecule has 21 heavy (non-hydrogen) atoms. The number of thioether (sulfide) groups is 1. The van der Waals surface area contributed by atoms with Crippen molar-refractivity contribution in [1.82, 2.24) is 0 Å². The molecule has 6 heteroatoms. The Morgan fingerprint density at radius 1 is 1.10 bits per heavy atom. The van der Waals surface area contributed by atoms with Gasteiger partial charge in [0.05, 0.1) is 13.2 Å². The van der Waals surface area contributed by atoms with E-state index in [1.54, 1.807) is 25.6 Å². The number of hydrogen-bond acceptors (Lipinski definition) is 5. The van der Waals surface area contributed by atoms with Crippen molar-refractivity contribution in [2.45, 2.75) is 38.0 Å². The van der Waals surface area contributed by atoms with Crippen molar-refractivity contribution in [2.24, 2.45) is 0 Å². The lowest BCUT2D eigenvalue weighted by atomic mass is 10.4. The zero-order valence-electron chi connectivity index (χ0n) is 12.4. The van der Waals surface area contributed by atoms with Crippen LogP contribution in [0.2, 0.25) is 0 Å². The molecule has 0 spiro atoms. The Morgan fingerprint density at radius 3 is 2.38 bits per heavy atom. The maximum atomic E-state index is 12.5. The summed E-state index contributed by atoms with van der Waals surface area (Å²) in [4.78, 5) is 2.26. The Balaban J connectivity index is 2.12. The molecule has 116 valence electrons. The molecule has 4 nitrogen and oxygen atoms in total. The molecule has 0 radical (unpaired) electrons. The quantitative estimate of drug-likeness (QED) is 0.600. The zero-order valence-corrected chi connectivity index (χ0v) is 14.1. The lowest BCUT2D eigenvalue weighted by Crippen LogP contribution is -2.00. The first-order valence-electron chi connectivity index (χ1n) is 7.20. The van der Waals surface area contributed by atoms with Gasteiger partial charge in [-0.05, 0) is 38.8 Å². The molecule has 0 heterocycles. The molecule has 1 aliphatic rings. The Labute approximate surface area is 130 Å². The van der Waals surface area contributed by atoms with Crippen LogP contribution in [-0.4, -0.2) is 13.2 Å². The van der Waals surface area contributed by atoms with Gasteiger partial charge < -0.3 is 4.52 Å². The van der Waals surface area contributed by atoms with Gasteiger partial charge in [0.2, 0.25) is 0 Å². The van der Waals surface area contributed by atoms with E-state index in [-0.39, 0.29) is 0 Å². The third-order valence-corrected chi connectivity index (χ3v) is 5.68. The molecule has 0 fully saturated rings. The van der Waals surface area contributed by atoms with Crippen LogP contribution in [-0.2, 0) is 18.1 Å². The van der Waals surface area contributed by atoms with E-state index in [0.717, 1.165) is 34.8 Å². The Morgan fingerprint density at radius 2 is 1.76 bits per heavy atom. The van der Waals surface area contributed by atoms with Gasteiger partial charge in [-0.15, -0.1) is 0 Å². The molecule has 1 aromatic carbocycles. The van der Waals surface area contributed by atoms with Crippen LogP contribution in [0.3, 0.4) is 0 Å². The Kier molecular flexibility index (Phi) is 6.37. The van der Waals surface area contributed by atoms with Crippen molar-refractivity contribution in [2.75, 3.05) is 13.2 Å². The van der Waals surface area contributed by atoms with Crippen molar-refractivity contribution in [3.05, 3.63) is 41.0 Å². The van der Waals surface area contributed by atoms with Crippen molar-refractivity contribution < 1.29 is 18.1 Å². The number of benzene rings is 1. The van der Waals surface area contributed by atoms with Crippen LogP contribution in [0.1, 0.15) is 33.1 Å². The number of allylic oxidation sites excluding steroid dienone is 2. The summed E-state index contributed by atoms with van der Waals surface area (Å²) in [7, 11) is -3.48. The largest absolute Gasteiger partial charge is 0.529 e. The van der Waals surface area contributed by atoms with E-state index in [1.807, 2.05) is 18.2 Å². The van der Waals surface area contributed by atoms with Crippen molar-refractivity contribution >= 4 is 19.6 Å². The highest BCUT2D eigenvalue weighted by atomic mass is 32.2. The predicted octanol–water partition coefficient (Wildman–Crippen LogP) is 5.37. The fraction of sp³-hybridized carbons (Fsp3) is 0.467. The van der Waals surface area contributed by atoms with E-state index in [2.05, 4.69) is 12.1 Å². The lowest BCUT2D eigenvalue weighted by Gasteiger charge is -2.18. The minimum atomic E-state index is -3.48. The maximum absolute atomic E-state index is 12.5. The summed E-state index contributed by atoms with van der Waals surface area (Å²) >= 11 is 1.66.